The third-order valence-corrected chi connectivity index (χ3v) is 3.44. The summed E-state index contributed by atoms with van der Waals surface area (Å²) in [4.78, 5) is 11.9. The van der Waals surface area contributed by atoms with Crippen LogP contribution in [0.15, 0.2) is 24.3 Å². The van der Waals surface area contributed by atoms with Crippen molar-refractivity contribution in [1.82, 2.24) is 5.32 Å². The van der Waals surface area contributed by atoms with E-state index in [0.29, 0.717) is 0 Å². The highest BCUT2D eigenvalue weighted by Crippen LogP contribution is 2.06. The maximum absolute atomic E-state index is 11.9. The zero-order chi connectivity index (χ0) is 13.9. The van der Waals surface area contributed by atoms with Crippen molar-refractivity contribution in [1.29, 1.82) is 0 Å². The molecule has 2 heteroatoms. The van der Waals surface area contributed by atoms with Crippen LogP contribution in [0.5, 0.6) is 0 Å². The van der Waals surface area contributed by atoms with Crippen LogP contribution in [0.25, 0.3) is 0 Å². The molecule has 0 fully saturated rings. The van der Waals surface area contributed by atoms with Gasteiger partial charge >= 0.3 is 0 Å². The highest BCUT2D eigenvalue weighted by Gasteiger charge is 2.03. The van der Waals surface area contributed by atoms with Gasteiger partial charge in [-0.05, 0) is 30.5 Å². The van der Waals surface area contributed by atoms with Crippen molar-refractivity contribution in [2.45, 2.75) is 58.8 Å². The average molecular weight is 261 g/mol. The lowest BCUT2D eigenvalue weighted by Crippen LogP contribution is -2.24. The fourth-order valence-corrected chi connectivity index (χ4v) is 2.10. The number of benzene rings is 1. The highest BCUT2D eigenvalue weighted by atomic mass is 16.1. The zero-order valence-corrected chi connectivity index (χ0v) is 12.4. The first-order chi connectivity index (χ1) is 9.27. The summed E-state index contributed by atoms with van der Waals surface area (Å²) in [7, 11) is 0. The number of nitrogens with one attached hydrogen (secondary N) is 1. The third-order valence-electron chi connectivity index (χ3n) is 3.44. The number of hydrogen-bond acceptors (Lipinski definition) is 1. The molecule has 0 aliphatic carbocycles. The Hall–Kier alpha value is -1.31. The molecule has 0 bridgehead atoms. The van der Waals surface area contributed by atoms with Gasteiger partial charge in [0.1, 0.15) is 0 Å². The Kier molecular flexibility index (Phi) is 7.95. The van der Waals surface area contributed by atoms with Crippen molar-refractivity contribution in [3.05, 3.63) is 35.4 Å². The molecule has 106 valence electrons. The van der Waals surface area contributed by atoms with Crippen molar-refractivity contribution in [2.24, 2.45) is 0 Å². The second-order valence-corrected chi connectivity index (χ2v) is 5.07. The molecule has 1 amide bonds. The smallest absolute Gasteiger partial charge is 0.251 e. The van der Waals surface area contributed by atoms with E-state index < -0.39 is 0 Å². The first-order valence-corrected chi connectivity index (χ1v) is 7.65. The second kappa shape index (κ2) is 9.60. The van der Waals surface area contributed by atoms with Crippen LogP contribution in [0.2, 0.25) is 0 Å². The van der Waals surface area contributed by atoms with E-state index in [0.717, 1.165) is 24.9 Å². The normalized spacial score (nSPS) is 10.4. The molecule has 2 nitrogen and oxygen atoms in total. The van der Waals surface area contributed by atoms with Crippen LogP contribution < -0.4 is 5.32 Å². The summed E-state index contributed by atoms with van der Waals surface area (Å²) < 4.78 is 0. The van der Waals surface area contributed by atoms with Gasteiger partial charge in [0, 0.05) is 12.1 Å². The molecule has 1 rings (SSSR count). The number of carbonyl (C=O) groups excluding carboxylic acids is 1. The Morgan fingerprint density at radius 2 is 1.58 bits per heavy atom. The molecule has 0 radical (unpaired) electrons. The van der Waals surface area contributed by atoms with E-state index in [1.807, 2.05) is 24.3 Å². The van der Waals surface area contributed by atoms with Crippen LogP contribution in [0.4, 0.5) is 0 Å². The van der Waals surface area contributed by atoms with Crippen LogP contribution in [0, 0.1) is 0 Å². The minimum atomic E-state index is 0.0520. The van der Waals surface area contributed by atoms with Crippen molar-refractivity contribution >= 4 is 5.91 Å². The Morgan fingerprint density at radius 1 is 0.947 bits per heavy atom. The molecule has 0 atom stereocenters. The Balaban J connectivity index is 2.16. The fraction of sp³-hybridized carbons (Fsp3) is 0.588. The minimum Gasteiger partial charge on any atom is -0.352 e. The second-order valence-electron chi connectivity index (χ2n) is 5.07. The topological polar surface area (TPSA) is 29.1 Å². The summed E-state index contributed by atoms with van der Waals surface area (Å²) in [6.07, 6.45) is 8.54. The maximum Gasteiger partial charge on any atom is 0.251 e. The minimum absolute atomic E-state index is 0.0520. The van der Waals surface area contributed by atoms with Gasteiger partial charge in [0.2, 0.25) is 0 Å². The molecule has 0 unspecified atom stereocenters. The summed E-state index contributed by atoms with van der Waals surface area (Å²) in [6.45, 7) is 5.14. The molecule has 0 aromatic heterocycles. The SMILES string of the molecule is CCCCCCCCNC(=O)c1ccc(CC)cc1. The van der Waals surface area contributed by atoms with Gasteiger partial charge in [-0.2, -0.15) is 0 Å². The summed E-state index contributed by atoms with van der Waals surface area (Å²) in [5.41, 5.74) is 2.04. The first kappa shape index (κ1) is 15.7. The van der Waals surface area contributed by atoms with E-state index in [1.54, 1.807) is 0 Å². The molecule has 0 aliphatic heterocycles. The van der Waals surface area contributed by atoms with E-state index in [4.69, 9.17) is 0 Å². The van der Waals surface area contributed by atoms with Crippen LogP contribution in [-0.4, -0.2) is 12.5 Å². The lowest BCUT2D eigenvalue weighted by molar-refractivity contribution is 0.0953. The molecular weight excluding hydrogens is 234 g/mol. The molecule has 0 saturated heterocycles. The van der Waals surface area contributed by atoms with Gasteiger partial charge in [-0.15, -0.1) is 0 Å². The monoisotopic (exact) mass is 261 g/mol. The molecule has 0 spiro atoms. The van der Waals surface area contributed by atoms with Gasteiger partial charge in [0.25, 0.3) is 5.91 Å². The summed E-state index contributed by atoms with van der Waals surface area (Å²) in [6, 6.07) is 7.88. The molecule has 1 aromatic carbocycles. The number of rotatable bonds is 9. The Labute approximate surface area is 117 Å². The van der Waals surface area contributed by atoms with Crippen molar-refractivity contribution in [3.63, 3.8) is 0 Å². The Bertz CT molecular complexity index is 356. The van der Waals surface area contributed by atoms with Crippen LogP contribution in [0.3, 0.4) is 0 Å². The van der Waals surface area contributed by atoms with Crippen molar-refractivity contribution in [2.75, 3.05) is 6.54 Å². The van der Waals surface area contributed by atoms with Gasteiger partial charge in [-0.3, -0.25) is 4.79 Å². The number of amides is 1. The zero-order valence-electron chi connectivity index (χ0n) is 12.4. The van der Waals surface area contributed by atoms with Crippen LogP contribution in [0.1, 0.15) is 68.3 Å². The van der Waals surface area contributed by atoms with Crippen molar-refractivity contribution < 1.29 is 4.79 Å². The third kappa shape index (κ3) is 6.42. The number of hydrogen-bond donors (Lipinski definition) is 1. The van der Waals surface area contributed by atoms with Gasteiger partial charge in [-0.1, -0.05) is 58.1 Å². The largest absolute Gasteiger partial charge is 0.352 e. The van der Waals surface area contributed by atoms with E-state index in [1.165, 1.54) is 37.7 Å². The molecule has 19 heavy (non-hydrogen) atoms. The summed E-state index contributed by atoms with van der Waals surface area (Å²) >= 11 is 0. The standard InChI is InChI=1S/C17H27NO/c1-3-5-6-7-8-9-14-18-17(19)16-12-10-15(4-2)11-13-16/h10-13H,3-9,14H2,1-2H3,(H,18,19). The number of aryl methyl sites for hydroxylation is 1. The first-order valence-electron chi connectivity index (χ1n) is 7.65. The lowest BCUT2D eigenvalue weighted by atomic mass is 10.1. The molecular formula is C17H27NO. The summed E-state index contributed by atoms with van der Waals surface area (Å²) in [5.74, 6) is 0.0520. The fourth-order valence-electron chi connectivity index (χ4n) is 2.10. The summed E-state index contributed by atoms with van der Waals surface area (Å²) in [5, 5.41) is 2.99. The molecule has 0 heterocycles. The van der Waals surface area contributed by atoms with Crippen molar-refractivity contribution in [3.8, 4) is 0 Å². The predicted molar refractivity (Wildman–Crippen MR) is 81.5 cm³/mol. The average Bonchev–Trinajstić information content (AvgIpc) is 2.46. The van der Waals surface area contributed by atoms with Gasteiger partial charge < -0.3 is 5.32 Å². The highest BCUT2D eigenvalue weighted by molar-refractivity contribution is 5.94. The molecule has 1 N–H and O–H groups in total. The van der Waals surface area contributed by atoms with Crippen LogP contribution in [-0.2, 0) is 6.42 Å². The van der Waals surface area contributed by atoms with E-state index in [9.17, 15) is 4.79 Å². The molecule has 0 saturated carbocycles. The van der Waals surface area contributed by atoms with E-state index in [2.05, 4.69) is 19.2 Å². The molecule has 1 aromatic rings. The predicted octanol–water partition coefficient (Wildman–Crippen LogP) is 4.34. The molecule has 0 aliphatic rings. The van der Waals surface area contributed by atoms with E-state index >= 15 is 0 Å². The van der Waals surface area contributed by atoms with Gasteiger partial charge in [-0.25, -0.2) is 0 Å². The quantitative estimate of drug-likeness (QED) is 0.658. The lowest BCUT2D eigenvalue weighted by Gasteiger charge is -2.06. The number of unbranched alkanes of at least 4 members (excludes halogenated alkanes) is 5. The van der Waals surface area contributed by atoms with Gasteiger partial charge in [0.15, 0.2) is 0 Å². The maximum atomic E-state index is 11.9. The van der Waals surface area contributed by atoms with E-state index in [-0.39, 0.29) is 5.91 Å². The van der Waals surface area contributed by atoms with Crippen LogP contribution >= 0.6 is 0 Å². The van der Waals surface area contributed by atoms with Gasteiger partial charge in [0.05, 0.1) is 0 Å². The number of carbonyl (C=O) groups is 1. The Morgan fingerprint density at radius 3 is 2.21 bits per heavy atom.